The van der Waals surface area contributed by atoms with Gasteiger partial charge >= 0.3 is 0 Å². The molecule has 0 aliphatic heterocycles. The van der Waals surface area contributed by atoms with Crippen molar-refractivity contribution in [2.45, 2.75) is 19.0 Å². The summed E-state index contributed by atoms with van der Waals surface area (Å²) in [4.78, 5) is 11.3. The number of carbonyl (C=O) groups excluding carboxylic acids is 1. The Kier molecular flexibility index (Phi) is 3.65. The fourth-order valence-electron chi connectivity index (χ4n) is 1.07. The van der Waals surface area contributed by atoms with Crippen molar-refractivity contribution in [1.82, 2.24) is 5.32 Å². The van der Waals surface area contributed by atoms with Crippen LogP contribution in [0, 0.1) is 6.92 Å². The third kappa shape index (κ3) is 2.85. The molecule has 75 valence electrons. The van der Waals surface area contributed by atoms with Crippen LogP contribution < -0.4 is 11.1 Å². The van der Waals surface area contributed by atoms with Crippen LogP contribution in [0.4, 0.5) is 0 Å². The lowest BCUT2D eigenvalue weighted by Gasteiger charge is -2.15. The molecule has 14 heavy (non-hydrogen) atoms. The molecule has 0 fully saturated rings. The highest BCUT2D eigenvalue weighted by molar-refractivity contribution is 5.81. The summed E-state index contributed by atoms with van der Waals surface area (Å²) in [5, 5.41) is 2.72. The van der Waals surface area contributed by atoms with Gasteiger partial charge in [0.15, 0.2) is 0 Å². The average molecular weight is 191 g/mol. The second-order valence-corrected chi connectivity index (χ2v) is 3.26. The number of amides is 1. The molecule has 2 atom stereocenters. The highest BCUT2D eigenvalue weighted by Crippen LogP contribution is 2.10. The summed E-state index contributed by atoms with van der Waals surface area (Å²) in [6.07, 6.45) is 0. The van der Waals surface area contributed by atoms with Crippen LogP contribution in [0.1, 0.15) is 18.5 Å². The van der Waals surface area contributed by atoms with Crippen molar-refractivity contribution in [1.29, 1.82) is 0 Å². The number of carbonyl (C=O) groups is 1. The Balaban J connectivity index is 2.59. The highest BCUT2D eigenvalue weighted by Gasteiger charge is 2.11. The first-order valence-electron chi connectivity index (χ1n) is 4.55. The van der Waals surface area contributed by atoms with Gasteiger partial charge in [-0.15, -0.1) is 0 Å². The molecule has 0 aromatic heterocycles. The molecule has 3 heteroatoms. The van der Waals surface area contributed by atoms with Gasteiger partial charge in [-0.3, -0.25) is 4.79 Å². The molecule has 1 aromatic rings. The van der Waals surface area contributed by atoms with E-state index < -0.39 is 6.04 Å². The van der Waals surface area contributed by atoms with Gasteiger partial charge in [0.2, 0.25) is 5.91 Å². The van der Waals surface area contributed by atoms with Gasteiger partial charge in [-0.05, 0) is 19.4 Å². The number of rotatable bonds is 3. The molecule has 1 aromatic carbocycles. The first-order valence-corrected chi connectivity index (χ1v) is 4.55. The van der Waals surface area contributed by atoms with Gasteiger partial charge in [0.1, 0.15) is 0 Å². The van der Waals surface area contributed by atoms with Crippen LogP contribution in [0.15, 0.2) is 30.3 Å². The topological polar surface area (TPSA) is 55.1 Å². The smallest absolute Gasteiger partial charge is 0.237 e. The van der Waals surface area contributed by atoms with Crippen molar-refractivity contribution >= 4 is 5.91 Å². The minimum absolute atomic E-state index is 0.186. The Bertz CT molecular complexity index is 295. The molecule has 0 bridgehead atoms. The Hall–Kier alpha value is -1.35. The predicted octanol–water partition coefficient (Wildman–Crippen LogP) is 1.03. The van der Waals surface area contributed by atoms with E-state index in [1.807, 2.05) is 30.3 Å². The predicted molar refractivity (Wildman–Crippen MR) is 56.3 cm³/mol. The third-order valence-corrected chi connectivity index (χ3v) is 1.93. The van der Waals surface area contributed by atoms with Crippen LogP contribution in [-0.2, 0) is 4.79 Å². The van der Waals surface area contributed by atoms with E-state index in [1.54, 1.807) is 6.92 Å². The quantitative estimate of drug-likeness (QED) is 0.749. The van der Waals surface area contributed by atoms with Crippen LogP contribution >= 0.6 is 0 Å². The van der Waals surface area contributed by atoms with E-state index >= 15 is 0 Å². The van der Waals surface area contributed by atoms with Crippen molar-refractivity contribution < 1.29 is 4.79 Å². The average Bonchev–Trinajstić information content (AvgIpc) is 2.19. The lowest BCUT2D eigenvalue weighted by Crippen LogP contribution is -2.39. The molecule has 1 radical (unpaired) electrons. The minimum atomic E-state index is -0.497. The third-order valence-electron chi connectivity index (χ3n) is 1.93. The lowest BCUT2D eigenvalue weighted by molar-refractivity contribution is -0.122. The largest absolute Gasteiger partial charge is 0.348 e. The van der Waals surface area contributed by atoms with Crippen LogP contribution in [0.2, 0.25) is 0 Å². The maximum atomic E-state index is 11.3. The summed E-state index contributed by atoms with van der Waals surface area (Å²) < 4.78 is 0. The van der Waals surface area contributed by atoms with Gasteiger partial charge < -0.3 is 11.1 Å². The fraction of sp³-hybridized carbons (Fsp3) is 0.273. The second-order valence-electron chi connectivity index (χ2n) is 3.26. The van der Waals surface area contributed by atoms with Crippen molar-refractivity contribution in [3.63, 3.8) is 0 Å². The van der Waals surface area contributed by atoms with Gasteiger partial charge in [-0.1, -0.05) is 30.3 Å². The summed E-state index contributed by atoms with van der Waals surface area (Å²) >= 11 is 0. The van der Waals surface area contributed by atoms with Crippen LogP contribution in [0.5, 0.6) is 0 Å². The second kappa shape index (κ2) is 4.77. The van der Waals surface area contributed by atoms with Crippen molar-refractivity contribution in [3.8, 4) is 0 Å². The molecule has 3 nitrogen and oxygen atoms in total. The molecule has 1 rings (SSSR count). The summed E-state index contributed by atoms with van der Waals surface area (Å²) in [5.74, 6) is -0.186. The zero-order valence-electron chi connectivity index (χ0n) is 8.23. The molecule has 1 amide bonds. The SMILES string of the molecule is [CH2]C(NC(=O)C(C)N)c1ccccc1. The van der Waals surface area contributed by atoms with Crippen molar-refractivity contribution in [3.05, 3.63) is 42.8 Å². The molecule has 0 spiro atoms. The Morgan fingerprint density at radius 2 is 2.00 bits per heavy atom. The van der Waals surface area contributed by atoms with Gasteiger partial charge in [0.05, 0.1) is 12.1 Å². The molecule has 0 aliphatic rings. The molecule has 0 heterocycles. The molecule has 2 unspecified atom stereocenters. The molecular formula is C11H15N2O. The van der Waals surface area contributed by atoms with E-state index in [2.05, 4.69) is 12.2 Å². The van der Waals surface area contributed by atoms with Crippen LogP contribution in [0.25, 0.3) is 0 Å². The summed E-state index contributed by atoms with van der Waals surface area (Å²) in [5.41, 5.74) is 6.40. The maximum Gasteiger partial charge on any atom is 0.237 e. The molecule has 3 N–H and O–H groups in total. The number of benzene rings is 1. The van der Waals surface area contributed by atoms with Crippen LogP contribution in [0.3, 0.4) is 0 Å². The maximum absolute atomic E-state index is 11.3. The molecule has 0 saturated carbocycles. The zero-order chi connectivity index (χ0) is 10.6. The fourth-order valence-corrected chi connectivity index (χ4v) is 1.07. The summed E-state index contributed by atoms with van der Waals surface area (Å²) in [6.45, 7) is 5.49. The van der Waals surface area contributed by atoms with E-state index in [9.17, 15) is 4.79 Å². The number of hydrogen-bond donors (Lipinski definition) is 2. The summed E-state index contributed by atoms with van der Waals surface area (Å²) in [7, 11) is 0. The van der Waals surface area contributed by atoms with Gasteiger partial charge in [0, 0.05) is 0 Å². The normalized spacial score (nSPS) is 14.5. The Morgan fingerprint density at radius 3 is 2.50 bits per heavy atom. The Labute approximate surface area is 84.3 Å². The molecular weight excluding hydrogens is 176 g/mol. The van der Waals surface area contributed by atoms with E-state index in [1.165, 1.54) is 0 Å². The zero-order valence-corrected chi connectivity index (χ0v) is 8.23. The van der Waals surface area contributed by atoms with Gasteiger partial charge in [-0.25, -0.2) is 0 Å². The van der Waals surface area contributed by atoms with E-state index in [4.69, 9.17) is 5.73 Å². The van der Waals surface area contributed by atoms with Crippen molar-refractivity contribution in [2.75, 3.05) is 0 Å². The van der Waals surface area contributed by atoms with E-state index in [-0.39, 0.29) is 11.9 Å². The number of hydrogen-bond acceptors (Lipinski definition) is 2. The first-order chi connectivity index (χ1) is 6.61. The number of nitrogens with one attached hydrogen (secondary N) is 1. The van der Waals surface area contributed by atoms with E-state index in [0.29, 0.717) is 0 Å². The van der Waals surface area contributed by atoms with Crippen LogP contribution in [-0.4, -0.2) is 11.9 Å². The van der Waals surface area contributed by atoms with Gasteiger partial charge in [-0.2, -0.15) is 0 Å². The van der Waals surface area contributed by atoms with Crippen molar-refractivity contribution in [2.24, 2.45) is 5.73 Å². The van der Waals surface area contributed by atoms with E-state index in [0.717, 1.165) is 5.56 Å². The Morgan fingerprint density at radius 1 is 1.43 bits per heavy atom. The summed E-state index contributed by atoms with van der Waals surface area (Å²) in [6, 6.07) is 8.83. The lowest BCUT2D eigenvalue weighted by atomic mass is 10.1. The monoisotopic (exact) mass is 191 g/mol. The molecule has 0 aliphatic carbocycles. The van der Waals surface area contributed by atoms with Gasteiger partial charge in [0.25, 0.3) is 0 Å². The standard InChI is InChI=1S/C11H15N2O/c1-8(12)11(14)13-9(2)10-6-4-3-5-7-10/h3-9H,2,12H2,1H3,(H,13,14). The highest BCUT2D eigenvalue weighted by atomic mass is 16.2. The molecule has 0 saturated heterocycles. The number of nitrogens with two attached hydrogens (primary N) is 1. The minimum Gasteiger partial charge on any atom is -0.348 e. The first kappa shape index (κ1) is 10.7.